The number of nitrogens with two attached hydrogens (primary N) is 1. The third kappa shape index (κ3) is 4.38. The predicted octanol–water partition coefficient (Wildman–Crippen LogP) is 3.14. The number of halogens is 1. The summed E-state index contributed by atoms with van der Waals surface area (Å²) in [6.07, 6.45) is 4.36. The number of hydrogen-bond donors (Lipinski definition) is 1. The van der Waals surface area contributed by atoms with Crippen molar-refractivity contribution in [3.63, 3.8) is 0 Å². The molecule has 0 rings (SSSR count). The second kappa shape index (κ2) is 6.55. The van der Waals surface area contributed by atoms with E-state index in [0.717, 1.165) is 23.1 Å². The first-order valence-electron chi connectivity index (χ1n) is 4.91. The lowest BCUT2D eigenvalue weighted by Gasteiger charge is -2.08. The van der Waals surface area contributed by atoms with E-state index in [2.05, 4.69) is 6.58 Å². The molecule has 0 saturated carbocycles. The Labute approximate surface area is 86.2 Å². The monoisotopic (exact) mass is 197 g/mol. The molecule has 1 atom stereocenters. The first-order chi connectivity index (χ1) is 6.52. The summed E-state index contributed by atoms with van der Waals surface area (Å²) in [5.74, 6) is 0. The Hall–Kier alpha value is -0.890. The first kappa shape index (κ1) is 13.1. The molecular weight excluding hydrogens is 177 g/mol. The fourth-order valence-corrected chi connectivity index (χ4v) is 1.18. The van der Waals surface area contributed by atoms with E-state index < -0.39 is 6.67 Å². The summed E-state index contributed by atoms with van der Waals surface area (Å²) < 4.78 is 12.1. The SMILES string of the molecule is C=C(/C=C(C)\C(=C/CF)CC)[C@@H](C)N. The maximum atomic E-state index is 12.1. The smallest absolute Gasteiger partial charge is 0.108 e. The van der Waals surface area contributed by atoms with Crippen molar-refractivity contribution in [2.75, 3.05) is 6.67 Å². The molecule has 0 aliphatic rings. The summed E-state index contributed by atoms with van der Waals surface area (Å²) in [6, 6.07) is -0.0477. The van der Waals surface area contributed by atoms with Gasteiger partial charge in [0, 0.05) is 6.04 Å². The molecule has 0 aliphatic carbocycles. The van der Waals surface area contributed by atoms with Crippen LogP contribution in [0.4, 0.5) is 4.39 Å². The van der Waals surface area contributed by atoms with Crippen LogP contribution in [0.1, 0.15) is 27.2 Å². The Morgan fingerprint density at radius 3 is 2.50 bits per heavy atom. The molecule has 0 unspecified atom stereocenters. The molecule has 0 bridgehead atoms. The third-order valence-corrected chi connectivity index (χ3v) is 2.20. The Kier molecular flexibility index (Phi) is 6.13. The summed E-state index contributed by atoms with van der Waals surface area (Å²) in [4.78, 5) is 0. The van der Waals surface area contributed by atoms with Crippen molar-refractivity contribution in [3.8, 4) is 0 Å². The Balaban J connectivity index is 4.65. The number of hydrogen-bond acceptors (Lipinski definition) is 1. The molecule has 0 spiro atoms. The minimum absolute atomic E-state index is 0.0477. The summed E-state index contributed by atoms with van der Waals surface area (Å²) in [6.45, 7) is 9.28. The van der Waals surface area contributed by atoms with E-state index in [1.54, 1.807) is 6.08 Å². The lowest BCUT2D eigenvalue weighted by Crippen LogP contribution is -2.16. The maximum absolute atomic E-state index is 12.1. The van der Waals surface area contributed by atoms with Crippen LogP contribution in [-0.2, 0) is 0 Å². The summed E-state index contributed by atoms with van der Waals surface area (Å²) >= 11 is 0. The van der Waals surface area contributed by atoms with Crippen molar-refractivity contribution in [2.45, 2.75) is 33.2 Å². The van der Waals surface area contributed by atoms with Gasteiger partial charge in [-0.3, -0.25) is 0 Å². The van der Waals surface area contributed by atoms with E-state index in [1.165, 1.54) is 0 Å². The van der Waals surface area contributed by atoms with Crippen molar-refractivity contribution in [2.24, 2.45) is 5.73 Å². The predicted molar refractivity (Wildman–Crippen MR) is 60.9 cm³/mol. The van der Waals surface area contributed by atoms with E-state index in [9.17, 15) is 4.39 Å². The molecule has 2 heteroatoms. The summed E-state index contributed by atoms with van der Waals surface area (Å²) in [5.41, 5.74) is 8.61. The normalized spacial score (nSPS) is 15.5. The van der Waals surface area contributed by atoms with Gasteiger partial charge in [0.1, 0.15) is 6.67 Å². The zero-order valence-corrected chi connectivity index (χ0v) is 9.31. The second-order valence-corrected chi connectivity index (χ2v) is 3.43. The standard InChI is InChI=1S/C12H20FN/c1-5-12(6-7-13)10(3)8-9(2)11(4)14/h6,8,11H,2,5,7,14H2,1,3-4H3/b10-8-,12-6-/t11-/m1/s1. The minimum atomic E-state index is -0.418. The molecule has 0 radical (unpaired) electrons. The average Bonchev–Trinajstić information content (AvgIpc) is 2.13. The summed E-state index contributed by atoms with van der Waals surface area (Å²) in [5, 5.41) is 0. The molecule has 0 fully saturated rings. The van der Waals surface area contributed by atoms with Crippen LogP contribution < -0.4 is 5.73 Å². The fraction of sp³-hybridized carbons (Fsp3) is 0.500. The van der Waals surface area contributed by atoms with Crippen molar-refractivity contribution < 1.29 is 4.39 Å². The molecule has 0 aromatic rings. The minimum Gasteiger partial charge on any atom is -0.324 e. The number of allylic oxidation sites excluding steroid dienone is 3. The molecule has 2 N–H and O–H groups in total. The van der Waals surface area contributed by atoms with Crippen molar-refractivity contribution in [3.05, 3.63) is 35.5 Å². The van der Waals surface area contributed by atoms with Gasteiger partial charge < -0.3 is 5.73 Å². The van der Waals surface area contributed by atoms with E-state index in [-0.39, 0.29) is 6.04 Å². The van der Waals surface area contributed by atoms with Crippen LogP contribution in [0.2, 0.25) is 0 Å². The molecule has 0 heterocycles. The molecule has 0 aliphatic heterocycles. The highest BCUT2D eigenvalue weighted by molar-refractivity contribution is 5.36. The van der Waals surface area contributed by atoms with E-state index in [0.29, 0.717) is 0 Å². The van der Waals surface area contributed by atoms with Gasteiger partial charge in [-0.05, 0) is 37.0 Å². The zero-order chi connectivity index (χ0) is 11.1. The highest BCUT2D eigenvalue weighted by atomic mass is 19.1. The first-order valence-corrected chi connectivity index (χ1v) is 4.91. The maximum Gasteiger partial charge on any atom is 0.108 e. The molecule has 0 aromatic carbocycles. The molecule has 80 valence electrons. The van der Waals surface area contributed by atoms with Crippen molar-refractivity contribution >= 4 is 0 Å². The van der Waals surface area contributed by atoms with Gasteiger partial charge in [-0.2, -0.15) is 0 Å². The number of rotatable bonds is 5. The van der Waals surface area contributed by atoms with Gasteiger partial charge >= 0.3 is 0 Å². The van der Waals surface area contributed by atoms with Gasteiger partial charge in [0.15, 0.2) is 0 Å². The van der Waals surface area contributed by atoms with E-state index >= 15 is 0 Å². The lowest BCUT2D eigenvalue weighted by molar-refractivity contribution is 0.559. The molecule has 0 saturated heterocycles. The Bertz CT molecular complexity index is 249. The van der Waals surface area contributed by atoms with Crippen LogP contribution in [0.15, 0.2) is 35.5 Å². The van der Waals surface area contributed by atoms with Gasteiger partial charge in [-0.25, -0.2) is 4.39 Å². The zero-order valence-electron chi connectivity index (χ0n) is 9.31. The second-order valence-electron chi connectivity index (χ2n) is 3.43. The van der Waals surface area contributed by atoms with Crippen LogP contribution in [0, 0.1) is 0 Å². The molecular formula is C12H20FN. The Morgan fingerprint density at radius 2 is 2.14 bits per heavy atom. The lowest BCUT2D eigenvalue weighted by atomic mass is 10.0. The highest BCUT2D eigenvalue weighted by Crippen LogP contribution is 2.15. The topological polar surface area (TPSA) is 26.0 Å². The fourth-order valence-electron chi connectivity index (χ4n) is 1.18. The Morgan fingerprint density at radius 1 is 1.57 bits per heavy atom. The molecule has 14 heavy (non-hydrogen) atoms. The molecule has 0 aromatic heterocycles. The largest absolute Gasteiger partial charge is 0.324 e. The average molecular weight is 197 g/mol. The van der Waals surface area contributed by atoms with Crippen LogP contribution in [0.25, 0.3) is 0 Å². The molecule has 1 nitrogen and oxygen atoms in total. The van der Waals surface area contributed by atoms with Gasteiger partial charge in [0.05, 0.1) is 0 Å². The molecule has 0 amide bonds. The van der Waals surface area contributed by atoms with Crippen LogP contribution in [0.5, 0.6) is 0 Å². The van der Waals surface area contributed by atoms with Crippen LogP contribution >= 0.6 is 0 Å². The van der Waals surface area contributed by atoms with Gasteiger partial charge in [0.25, 0.3) is 0 Å². The van der Waals surface area contributed by atoms with Gasteiger partial charge in [0.2, 0.25) is 0 Å². The van der Waals surface area contributed by atoms with Gasteiger partial charge in [-0.1, -0.05) is 25.7 Å². The van der Waals surface area contributed by atoms with Crippen LogP contribution in [0.3, 0.4) is 0 Å². The van der Waals surface area contributed by atoms with Gasteiger partial charge in [-0.15, -0.1) is 0 Å². The van der Waals surface area contributed by atoms with E-state index in [4.69, 9.17) is 5.73 Å². The highest BCUT2D eigenvalue weighted by Gasteiger charge is 2.00. The quantitative estimate of drug-likeness (QED) is 0.673. The third-order valence-electron chi connectivity index (χ3n) is 2.20. The number of alkyl halides is 1. The summed E-state index contributed by atoms with van der Waals surface area (Å²) in [7, 11) is 0. The van der Waals surface area contributed by atoms with Crippen molar-refractivity contribution in [1.29, 1.82) is 0 Å². The van der Waals surface area contributed by atoms with E-state index in [1.807, 2.05) is 26.8 Å². The van der Waals surface area contributed by atoms with Crippen LogP contribution in [-0.4, -0.2) is 12.7 Å². The van der Waals surface area contributed by atoms with Crippen molar-refractivity contribution in [1.82, 2.24) is 0 Å².